The molecule has 0 fully saturated rings. The van der Waals surface area contributed by atoms with Gasteiger partial charge >= 0.3 is 0 Å². The molecule has 6 nitrogen and oxygen atoms in total. The minimum absolute atomic E-state index is 0.0559. The number of hydrogen-bond acceptors (Lipinski definition) is 5. The summed E-state index contributed by atoms with van der Waals surface area (Å²) in [6, 6.07) is 13.9. The number of amides is 1. The van der Waals surface area contributed by atoms with E-state index in [1.165, 1.54) is 11.8 Å². The van der Waals surface area contributed by atoms with Crippen molar-refractivity contribution in [3.63, 3.8) is 0 Å². The quantitative estimate of drug-likeness (QED) is 0.481. The van der Waals surface area contributed by atoms with Crippen LogP contribution in [0.1, 0.15) is 12.5 Å². The van der Waals surface area contributed by atoms with Crippen LogP contribution < -0.4 is 5.32 Å². The molecule has 7 heteroatoms. The van der Waals surface area contributed by atoms with Crippen LogP contribution in [0.2, 0.25) is 0 Å². The standard InChI is InChI=1S/C20H21N5OS/c1-3-11-22-19(26)15(2)27-20-24-23-18(17-9-12-21-13-10-17)25(20)14-16-7-5-4-6-8-16/h3-10,12-13,15H,1,11,14H2,2H3,(H,22,26)/t15-/m1/s1. The normalized spacial score (nSPS) is 11.7. The van der Waals surface area contributed by atoms with Crippen molar-refractivity contribution in [3.8, 4) is 11.4 Å². The van der Waals surface area contributed by atoms with Gasteiger partial charge in [-0.3, -0.25) is 14.3 Å². The van der Waals surface area contributed by atoms with Crippen LogP contribution in [0, 0.1) is 0 Å². The van der Waals surface area contributed by atoms with Crippen LogP contribution in [0.3, 0.4) is 0 Å². The van der Waals surface area contributed by atoms with Gasteiger partial charge < -0.3 is 5.32 Å². The van der Waals surface area contributed by atoms with E-state index in [2.05, 4.69) is 39.2 Å². The molecule has 0 radical (unpaired) electrons. The lowest BCUT2D eigenvalue weighted by Gasteiger charge is -2.13. The lowest BCUT2D eigenvalue weighted by Crippen LogP contribution is -2.31. The van der Waals surface area contributed by atoms with Crippen molar-refractivity contribution in [1.82, 2.24) is 25.1 Å². The highest BCUT2D eigenvalue weighted by Crippen LogP contribution is 2.27. The first-order valence-electron chi connectivity index (χ1n) is 8.62. The molecule has 0 saturated carbocycles. The number of aromatic nitrogens is 4. The van der Waals surface area contributed by atoms with Crippen LogP contribution >= 0.6 is 11.8 Å². The van der Waals surface area contributed by atoms with Gasteiger partial charge in [-0.2, -0.15) is 0 Å². The molecule has 1 N–H and O–H groups in total. The van der Waals surface area contributed by atoms with Crippen LogP contribution in [-0.2, 0) is 11.3 Å². The van der Waals surface area contributed by atoms with Crippen molar-refractivity contribution in [2.45, 2.75) is 23.9 Å². The smallest absolute Gasteiger partial charge is 0.233 e. The Labute approximate surface area is 162 Å². The van der Waals surface area contributed by atoms with E-state index in [4.69, 9.17) is 0 Å². The predicted molar refractivity (Wildman–Crippen MR) is 107 cm³/mol. The van der Waals surface area contributed by atoms with Gasteiger partial charge in [-0.05, 0) is 24.6 Å². The lowest BCUT2D eigenvalue weighted by atomic mass is 10.2. The van der Waals surface area contributed by atoms with E-state index < -0.39 is 0 Å². The second-order valence-corrected chi connectivity index (χ2v) is 7.22. The topological polar surface area (TPSA) is 72.7 Å². The van der Waals surface area contributed by atoms with E-state index in [-0.39, 0.29) is 11.2 Å². The highest BCUT2D eigenvalue weighted by molar-refractivity contribution is 8.00. The molecule has 0 saturated heterocycles. The Morgan fingerprint density at radius 1 is 1.22 bits per heavy atom. The minimum Gasteiger partial charge on any atom is -0.352 e. The highest BCUT2D eigenvalue weighted by Gasteiger charge is 2.20. The molecule has 0 aliphatic carbocycles. The number of benzene rings is 1. The van der Waals surface area contributed by atoms with E-state index in [0.29, 0.717) is 18.2 Å². The number of carbonyl (C=O) groups is 1. The Balaban J connectivity index is 1.90. The third-order valence-electron chi connectivity index (χ3n) is 3.91. The van der Waals surface area contributed by atoms with Gasteiger partial charge in [0, 0.05) is 24.5 Å². The van der Waals surface area contributed by atoms with Gasteiger partial charge in [-0.25, -0.2) is 0 Å². The summed E-state index contributed by atoms with van der Waals surface area (Å²) in [4.78, 5) is 16.3. The third-order valence-corrected chi connectivity index (χ3v) is 4.99. The second kappa shape index (κ2) is 9.14. The Morgan fingerprint density at radius 2 is 1.96 bits per heavy atom. The summed E-state index contributed by atoms with van der Waals surface area (Å²) in [7, 11) is 0. The zero-order valence-corrected chi connectivity index (χ0v) is 15.9. The average molecular weight is 379 g/mol. The number of nitrogens with one attached hydrogen (secondary N) is 1. The van der Waals surface area contributed by atoms with Gasteiger partial charge in [0.1, 0.15) is 0 Å². The maximum atomic E-state index is 12.2. The van der Waals surface area contributed by atoms with Crippen LogP contribution in [0.15, 0.2) is 72.7 Å². The maximum absolute atomic E-state index is 12.2. The largest absolute Gasteiger partial charge is 0.352 e. The van der Waals surface area contributed by atoms with Gasteiger partial charge in [-0.1, -0.05) is 48.2 Å². The van der Waals surface area contributed by atoms with Gasteiger partial charge in [0.25, 0.3) is 0 Å². The SMILES string of the molecule is C=CCNC(=O)[C@@H](C)Sc1nnc(-c2ccncc2)n1Cc1ccccc1. The van der Waals surface area contributed by atoms with E-state index in [1.807, 2.05) is 41.8 Å². The molecule has 27 heavy (non-hydrogen) atoms. The minimum atomic E-state index is -0.297. The molecule has 1 atom stereocenters. The summed E-state index contributed by atoms with van der Waals surface area (Å²) < 4.78 is 2.03. The number of rotatable bonds is 8. The number of thioether (sulfide) groups is 1. The zero-order chi connectivity index (χ0) is 19.1. The molecular weight excluding hydrogens is 358 g/mol. The number of carbonyl (C=O) groups excluding carboxylic acids is 1. The summed E-state index contributed by atoms with van der Waals surface area (Å²) in [5, 5.41) is 11.9. The number of nitrogens with zero attached hydrogens (tertiary/aromatic N) is 4. The van der Waals surface area contributed by atoms with Gasteiger partial charge in [0.15, 0.2) is 11.0 Å². The molecule has 0 bridgehead atoms. The van der Waals surface area contributed by atoms with Gasteiger partial charge in [0.2, 0.25) is 5.91 Å². The van der Waals surface area contributed by atoms with Crippen LogP contribution in [-0.4, -0.2) is 37.5 Å². The molecule has 0 aliphatic heterocycles. The summed E-state index contributed by atoms with van der Waals surface area (Å²) in [5.74, 6) is 0.696. The summed E-state index contributed by atoms with van der Waals surface area (Å²) >= 11 is 1.39. The van der Waals surface area contributed by atoms with Crippen molar-refractivity contribution in [3.05, 3.63) is 73.1 Å². The molecule has 3 rings (SSSR count). The Morgan fingerprint density at radius 3 is 2.67 bits per heavy atom. The van der Waals surface area contributed by atoms with Crippen molar-refractivity contribution in [2.24, 2.45) is 0 Å². The van der Waals surface area contributed by atoms with Crippen LogP contribution in [0.4, 0.5) is 0 Å². The van der Waals surface area contributed by atoms with Gasteiger partial charge in [0.05, 0.1) is 11.8 Å². The zero-order valence-electron chi connectivity index (χ0n) is 15.1. The first-order chi connectivity index (χ1) is 13.2. The van der Waals surface area contributed by atoms with E-state index >= 15 is 0 Å². The molecule has 0 unspecified atom stereocenters. The fourth-order valence-corrected chi connectivity index (χ4v) is 3.40. The van der Waals surface area contributed by atoms with Gasteiger partial charge in [-0.15, -0.1) is 16.8 Å². The highest BCUT2D eigenvalue weighted by atomic mass is 32.2. The Hall–Kier alpha value is -2.93. The molecule has 0 spiro atoms. The fraction of sp³-hybridized carbons (Fsp3) is 0.200. The first kappa shape index (κ1) is 18.8. The number of hydrogen-bond donors (Lipinski definition) is 1. The maximum Gasteiger partial charge on any atom is 0.233 e. The molecule has 2 aromatic heterocycles. The van der Waals surface area contributed by atoms with Crippen molar-refractivity contribution < 1.29 is 4.79 Å². The third kappa shape index (κ3) is 4.83. The van der Waals surface area contributed by atoms with E-state index in [9.17, 15) is 4.79 Å². The molecule has 3 aromatic rings. The molecule has 0 aliphatic rings. The predicted octanol–water partition coefficient (Wildman–Crippen LogP) is 3.17. The van der Waals surface area contributed by atoms with E-state index in [0.717, 1.165) is 17.0 Å². The monoisotopic (exact) mass is 379 g/mol. The van der Waals surface area contributed by atoms with Crippen LogP contribution in [0.5, 0.6) is 0 Å². The summed E-state index contributed by atoms with van der Waals surface area (Å²) in [5.41, 5.74) is 2.07. The second-order valence-electron chi connectivity index (χ2n) is 5.91. The summed E-state index contributed by atoms with van der Waals surface area (Å²) in [6.07, 6.45) is 5.12. The molecule has 1 amide bonds. The lowest BCUT2D eigenvalue weighted by molar-refractivity contribution is -0.120. The summed E-state index contributed by atoms with van der Waals surface area (Å²) in [6.45, 7) is 6.55. The fourth-order valence-electron chi connectivity index (χ4n) is 2.53. The van der Waals surface area contributed by atoms with Crippen molar-refractivity contribution >= 4 is 17.7 Å². The van der Waals surface area contributed by atoms with E-state index in [1.54, 1.807) is 18.5 Å². The molecule has 2 heterocycles. The first-order valence-corrected chi connectivity index (χ1v) is 9.49. The average Bonchev–Trinajstić information content (AvgIpc) is 3.09. The molecule has 138 valence electrons. The van der Waals surface area contributed by atoms with Crippen molar-refractivity contribution in [1.29, 1.82) is 0 Å². The Bertz CT molecular complexity index is 895. The molecular formula is C20H21N5OS. The molecule has 1 aromatic carbocycles. The van der Waals surface area contributed by atoms with Crippen molar-refractivity contribution in [2.75, 3.05) is 6.54 Å². The Kier molecular flexibility index (Phi) is 6.38. The van der Waals surface area contributed by atoms with Crippen LogP contribution in [0.25, 0.3) is 11.4 Å². The number of pyridine rings is 1.